The number of allylic oxidation sites excluding steroid dienone is 9. The average Bonchev–Trinajstić information content (AvgIpc) is 3.36. The molecular formula is C61H111NO8. The minimum Gasteiger partial charge on any atom is -0.394 e. The number of unbranched alkanes of at least 4 members (excludes halogenated alkanes) is 32. The lowest BCUT2D eigenvalue weighted by Crippen LogP contribution is -2.60. The smallest absolute Gasteiger partial charge is 0.220 e. The number of ether oxygens (including phenoxy) is 2. The maximum atomic E-state index is 13.0. The van der Waals surface area contributed by atoms with E-state index in [1.54, 1.807) is 6.08 Å². The van der Waals surface area contributed by atoms with Crippen molar-refractivity contribution in [1.82, 2.24) is 5.32 Å². The van der Waals surface area contributed by atoms with Crippen LogP contribution in [0.2, 0.25) is 0 Å². The summed E-state index contributed by atoms with van der Waals surface area (Å²) >= 11 is 0. The van der Waals surface area contributed by atoms with E-state index in [0.29, 0.717) is 6.42 Å². The van der Waals surface area contributed by atoms with Gasteiger partial charge in [0.15, 0.2) is 6.29 Å². The first kappa shape index (κ1) is 65.9. The Morgan fingerprint density at radius 3 is 1.34 bits per heavy atom. The maximum absolute atomic E-state index is 13.0. The fraction of sp³-hybridized carbons (Fsp3) is 0.820. The van der Waals surface area contributed by atoms with E-state index < -0.39 is 49.5 Å². The third-order valence-electron chi connectivity index (χ3n) is 13.8. The van der Waals surface area contributed by atoms with Crippen molar-refractivity contribution in [3.63, 3.8) is 0 Å². The van der Waals surface area contributed by atoms with E-state index in [1.807, 2.05) is 6.08 Å². The van der Waals surface area contributed by atoms with Gasteiger partial charge in [-0.05, 0) is 70.6 Å². The van der Waals surface area contributed by atoms with Gasteiger partial charge >= 0.3 is 0 Å². The molecule has 1 aliphatic heterocycles. The standard InChI is InChI=1S/C61H111NO8/c1-3-5-7-9-11-13-15-16-17-18-19-20-21-22-23-24-25-26-27-28-29-30-31-32-33-34-35-36-37-38-39-40-41-43-45-47-49-51-57(65)62-54(53-69-61-60(68)59(67)58(66)56(52-63)70-61)55(64)50-48-46-44-42-14-12-10-8-6-4-2/h6,8,14-16,18-19,42,48,50,54-56,58-61,63-64,66-68H,3-5,7,9-13,17,20-41,43-47,49,51-53H2,1-2H3,(H,62,65)/b8-6+,16-15-,19-18-,42-14+,50-48+. The summed E-state index contributed by atoms with van der Waals surface area (Å²) in [6.07, 6.45) is 62.0. The molecule has 408 valence electrons. The molecule has 0 aromatic rings. The summed E-state index contributed by atoms with van der Waals surface area (Å²) in [5, 5.41) is 54.2. The lowest BCUT2D eigenvalue weighted by atomic mass is 9.99. The Hall–Kier alpha value is -2.11. The van der Waals surface area contributed by atoms with Gasteiger partial charge in [-0.15, -0.1) is 0 Å². The van der Waals surface area contributed by atoms with E-state index in [0.717, 1.165) is 57.8 Å². The number of hydrogen-bond acceptors (Lipinski definition) is 8. The van der Waals surface area contributed by atoms with E-state index in [1.165, 1.54) is 186 Å². The van der Waals surface area contributed by atoms with Gasteiger partial charge < -0.3 is 40.3 Å². The molecule has 0 aliphatic carbocycles. The zero-order valence-corrected chi connectivity index (χ0v) is 45.3. The van der Waals surface area contributed by atoms with Crippen molar-refractivity contribution < 1.29 is 39.8 Å². The molecule has 7 unspecified atom stereocenters. The predicted molar refractivity (Wildman–Crippen MR) is 295 cm³/mol. The fourth-order valence-electron chi connectivity index (χ4n) is 9.17. The Morgan fingerprint density at radius 1 is 0.500 bits per heavy atom. The van der Waals surface area contributed by atoms with Crippen LogP contribution in [-0.4, -0.2) is 87.5 Å². The third kappa shape index (κ3) is 39.4. The number of hydrogen-bond donors (Lipinski definition) is 6. The number of nitrogens with one attached hydrogen (secondary N) is 1. The Kier molecular flexibility index (Phi) is 47.5. The predicted octanol–water partition coefficient (Wildman–Crippen LogP) is 14.7. The van der Waals surface area contributed by atoms with E-state index in [2.05, 4.69) is 67.8 Å². The summed E-state index contributed by atoms with van der Waals surface area (Å²) in [6.45, 7) is 3.62. The van der Waals surface area contributed by atoms with Gasteiger partial charge in [-0.25, -0.2) is 0 Å². The van der Waals surface area contributed by atoms with Crippen molar-refractivity contribution in [1.29, 1.82) is 0 Å². The second-order valence-electron chi connectivity index (χ2n) is 20.4. The molecule has 7 atom stereocenters. The molecule has 1 fully saturated rings. The fourth-order valence-corrected chi connectivity index (χ4v) is 9.17. The quantitative estimate of drug-likeness (QED) is 0.0261. The van der Waals surface area contributed by atoms with E-state index in [4.69, 9.17) is 9.47 Å². The second-order valence-corrected chi connectivity index (χ2v) is 20.4. The van der Waals surface area contributed by atoms with E-state index in [-0.39, 0.29) is 12.5 Å². The summed E-state index contributed by atoms with van der Waals surface area (Å²) in [7, 11) is 0. The van der Waals surface area contributed by atoms with Crippen LogP contribution >= 0.6 is 0 Å². The topological polar surface area (TPSA) is 149 Å². The number of carbonyl (C=O) groups is 1. The van der Waals surface area contributed by atoms with Crippen molar-refractivity contribution >= 4 is 5.91 Å². The third-order valence-corrected chi connectivity index (χ3v) is 13.8. The molecule has 0 bridgehead atoms. The molecule has 1 aliphatic rings. The molecule has 9 nitrogen and oxygen atoms in total. The average molecular weight is 987 g/mol. The van der Waals surface area contributed by atoms with Crippen molar-refractivity contribution in [3.8, 4) is 0 Å². The van der Waals surface area contributed by atoms with Gasteiger partial charge in [0.25, 0.3) is 0 Å². The van der Waals surface area contributed by atoms with Crippen LogP contribution in [0.5, 0.6) is 0 Å². The van der Waals surface area contributed by atoms with Crippen LogP contribution < -0.4 is 5.32 Å². The SMILES string of the molecule is CC/C=C/CC/C=C/CC/C=C/C(O)C(COC1OC(CO)C(O)C(O)C1O)NC(=O)CCCCCCCCCCCCCCCCCCCCCCCCCCC/C=C\C/C=C\CCCCCCC. The van der Waals surface area contributed by atoms with Gasteiger partial charge in [0.05, 0.1) is 25.4 Å². The van der Waals surface area contributed by atoms with Gasteiger partial charge in [0.2, 0.25) is 5.91 Å². The lowest BCUT2D eigenvalue weighted by Gasteiger charge is -2.40. The van der Waals surface area contributed by atoms with Crippen LogP contribution in [0.15, 0.2) is 60.8 Å². The Bertz CT molecular complexity index is 1280. The van der Waals surface area contributed by atoms with Crippen LogP contribution in [0.4, 0.5) is 0 Å². The van der Waals surface area contributed by atoms with Gasteiger partial charge in [0, 0.05) is 6.42 Å². The number of aliphatic hydroxyl groups excluding tert-OH is 5. The molecule has 0 aromatic heterocycles. The van der Waals surface area contributed by atoms with Crippen molar-refractivity contribution in [2.75, 3.05) is 13.2 Å². The number of aliphatic hydroxyl groups is 5. The summed E-state index contributed by atoms with van der Waals surface area (Å²) in [4.78, 5) is 13.0. The lowest BCUT2D eigenvalue weighted by molar-refractivity contribution is -0.302. The monoisotopic (exact) mass is 986 g/mol. The van der Waals surface area contributed by atoms with Crippen LogP contribution in [-0.2, 0) is 14.3 Å². The van der Waals surface area contributed by atoms with E-state index in [9.17, 15) is 30.3 Å². The van der Waals surface area contributed by atoms with Gasteiger partial charge in [-0.2, -0.15) is 0 Å². The van der Waals surface area contributed by atoms with Crippen molar-refractivity contribution in [2.24, 2.45) is 0 Å². The normalized spacial score (nSPS) is 19.8. The summed E-state index contributed by atoms with van der Waals surface area (Å²) in [5.41, 5.74) is 0. The van der Waals surface area contributed by atoms with Gasteiger partial charge in [-0.3, -0.25) is 4.79 Å². The van der Waals surface area contributed by atoms with Crippen LogP contribution in [0, 0.1) is 0 Å². The summed E-state index contributed by atoms with van der Waals surface area (Å²) in [6, 6.07) is -0.826. The molecule has 1 saturated heterocycles. The number of amides is 1. The molecule has 9 heteroatoms. The van der Waals surface area contributed by atoms with Crippen LogP contribution in [0.3, 0.4) is 0 Å². The molecule has 0 aromatic carbocycles. The Morgan fingerprint density at radius 2 is 0.900 bits per heavy atom. The highest BCUT2D eigenvalue weighted by Crippen LogP contribution is 2.23. The highest BCUT2D eigenvalue weighted by Gasteiger charge is 2.44. The molecule has 0 radical (unpaired) electrons. The highest BCUT2D eigenvalue weighted by atomic mass is 16.7. The molecule has 1 heterocycles. The van der Waals surface area contributed by atoms with Crippen molar-refractivity contribution in [2.45, 2.75) is 307 Å². The first-order valence-electron chi connectivity index (χ1n) is 29.5. The van der Waals surface area contributed by atoms with Crippen LogP contribution in [0.25, 0.3) is 0 Å². The van der Waals surface area contributed by atoms with Gasteiger partial charge in [0.1, 0.15) is 24.4 Å². The molecule has 1 amide bonds. The minimum atomic E-state index is -1.57. The van der Waals surface area contributed by atoms with Crippen LogP contribution in [0.1, 0.15) is 264 Å². The Labute approximate surface area is 430 Å². The Balaban J connectivity index is 2.03. The molecule has 70 heavy (non-hydrogen) atoms. The molecule has 6 N–H and O–H groups in total. The van der Waals surface area contributed by atoms with Crippen molar-refractivity contribution in [3.05, 3.63) is 60.8 Å². The zero-order valence-electron chi connectivity index (χ0n) is 45.3. The highest BCUT2D eigenvalue weighted by molar-refractivity contribution is 5.76. The molecular weight excluding hydrogens is 875 g/mol. The second kappa shape index (κ2) is 50.4. The first-order valence-corrected chi connectivity index (χ1v) is 29.5. The zero-order chi connectivity index (χ0) is 50.8. The largest absolute Gasteiger partial charge is 0.394 e. The number of carbonyl (C=O) groups excluding carboxylic acids is 1. The summed E-state index contributed by atoms with van der Waals surface area (Å²) < 4.78 is 11.2. The minimum absolute atomic E-state index is 0.191. The molecule has 0 saturated carbocycles. The number of rotatable bonds is 50. The molecule has 0 spiro atoms. The van der Waals surface area contributed by atoms with Gasteiger partial charge in [-0.1, -0.05) is 248 Å². The van der Waals surface area contributed by atoms with E-state index >= 15 is 0 Å². The first-order chi connectivity index (χ1) is 34.3. The maximum Gasteiger partial charge on any atom is 0.220 e. The summed E-state index contributed by atoms with van der Waals surface area (Å²) in [5.74, 6) is -0.191. The molecule has 1 rings (SSSR count).